The Labute approximate surface area is 215 Å². The van der Waals surface area contributed by atoms with Crippen LogP contribution in [0.2, 0.25) is 0 Å². The van der Waals surface area contributed by atoms with Gasteiger partial charge in [0.2, 0.25) is 0 Å². The van der Waals surface area contributed by atoms with Crippen molar-refractivity contribution in [3.05, 3.63) is 35.1 Å². The number of likely N-dealkylation sites (tertiary alicyclic amines) is 1. The fourth-order valence-corrected chi connectivity index (χ4v) is 5.32. The molecule has 2 aliphatic rings. The molecule has 0 radical (unpaired) electrons. The van der Waals surface area contributed by atoms with Crippen molar-refractivity contribution in [3.63, 3.8) is 0 Å². The van der Waals surface area contributed by atoms with Crippen molar-refractivity contribution < 1.29 is 27.9 Å². The van der Waals surface area contributed by atoms with Crippen molar-refractivity contribution in [2.24, 2.45) is 0 Å². The zero-order valence-electron chi connectivity index (χ0n) is 20.1. The van der Waals surface area contributed by atoms with Crippen molar-refractivity contribution in [1.82, 2.24) is 30.1 Å². The van der Waals surface area contributed by atoms with Crippen LogP contribution in [0.5, 0.6) is 5.75 Å². The summed E-state index contributed by atoms with van der Waals surface area (Å²) in [4.78, 5) is 22.1. The van der Waals surface area contributed by atoms with Crippen LogP contribution in [-0.2, 0) is 9.47 Å². The van der Waals surface area contributed by atoms with E-state index in [1.165, 1.54) is 17.4 Å². The number of nitrogens with zero attached hydrogens (tertiary/aromatic N) is 5. The molecule has 194 valence electrons. The normalized spacial score (nSPS) is 16.9. The third-order valence-corrected chi connectivity index (χ3v) is 7.56. The molecule has 0 unspecified atom stereocenters. The quantitative estimate of drug-likeness (QED) is 0.344. The monoisotopic (exact) mass is 528 g/mol. The minimum Gasteiger partial charge on any atom is -0.488 e. The first-order chi connectivity index (χ1) is 18.1. The number of rotatable bonds is 8. The number of benzene rings is 1. The standard InChI is InChI=1S/C24H25FN6O5S/c1-33-6-7-35-19-9-17-15(8-16(19)25)22(28-27-17)20-10-18(29-36-20)23-26-11-21(37-23)24(32)31-12-14(13-31)30-2-4-34-5-3-30/h8-11,14H,2-7,12-13H2,1H3,(H,27,28). The lowest BCUT2D eigenvalue weighted by molar-refractivity contribution is -0.0255. The average Bonchev–Trinajstić information content (AvgIpc) is 3.63. The van der Waals surface area contributed by atoms with Gasteiger partial charge in [-0.05, 0) is 6.07 Å². The van der Waals surface area contributed by atoms with Crippen LogP contribution in [0.1, 0.15) is 9.67 Å². The molecule has 2 fully saturated rings. The molecule has 37 heavy (non-hydrogen) atoms. The average molecular weight is 529 g/mol. The maximum absolute atomic E-state index is 14.6. The van der Waals surface area contributed by atoms with Gasteiger partial charge in [0.1, 0.15) is 27.9 Å². The fourth-order valence-electron chi connectivity index (χ4n) is 4.48. The Morgan fingerprint density at radius 3 is 2.89 bits per heavy atom. The van der Waals surface area contributed by atoms with Crippen LogP contribution in [-0.4, -0.2) is 102 Å². The SMILES string of the molecule is COCCOc1cc2[nH]nc(-c3cc(-c4ncc(C(=O)N5CC(N6CCOCC6)C5)s4)no3)c2cc1F. The summed E-state index contributed by atoms with van der Waals surface area (Å²) in [6.07, 6.45) is 1.57. The van der Waals surface area contributed by atoms with E-state index in [2.05, 4.69) is 25.2 Å². The number of methoxy groups -OCH3 is 1. The highest BCUT2D eigenvalue weighted by Gasteiger charge is 2.36. The van der Waals surface area contributed by atoms with E-state index in [1.807, 2.05) is 4.90 Å². The molecule has 0 aliphatic carbocycles. The number of morpholine rings is 1. The van der Waals surface area contributed by atoms with Crippen molar-refractivity contribution in [3.8, 4) is 27.9 Å². The molecule has 0 bridgehead atoms. The summed E-state index contributed by atoms with van der Waals surface area (Å²) >= 11 is 1.26. The molecule has 11 nitrogen and oxygen atoms in total. The minimum atomic E-state index is -0.518. The van der Waals surface area contributed by atoms with E-state index in [-0.39, 0.29) is 18.3 Å². The summed E-state index contributed by atoms with van der Waals surface area (Å²) in [5.41, 5.74) is 1.48. The van der Waals surface area contributed by atoms with Gasteiger partial charge in [0.25, 0.3) is 5.91 Å². The Bertz CT molecular complexity index is 1410. The summed E-state index contributed by atoms with van der Waals surface area (Å²) < 4.78 is 35.9. The molecular formula is C24H25FN6O5S. The smallest absolute Gasteiger partial charge is 0.265 e. The number of hydrogen-bond donors (Lipinski definition) is 1. The second-order valence-corrected chi connectivity index (χ2v) is 9.89. The van der Waals surface area contributed by atoms with E-state index < -0.39 is 5.82 Å². The van der Waals surface area contributed by atoms with Gasteiger partial charge in [0.05, 0.1) is 31.5 Å². The highest BCUT2D eigenvalue weighted by molar-refractivity contribution is 7.16. The van der Waals surface area contributed by atoms with Gasteiger partial charge in [-0.25, -0.2) is 9.37 Å². The summed E-state index contributed by atoms with van der Waals surface area (Å²) in [7, 11) is 1.55. The zero-order valence-corrected chi connectivity index (χ0v) is 20.9. The van der Waals surface area contributed by atoms with Gasteiger partial charge in [-0.1, -0.05) is 5.16 Å². The molecule has 0 spiro atoms. The molecule has 1 amide bonds. The maximum Gasteiger partial charge on any atom is 0.265 e. The number of H-pyrrole nitrogens is 1. The number of aromatic amines is 1. The largest absolute Gasteiger partial charge is 0.488 e. The third kappa shape index (κ3) is 4.70. The molecule has 1 N–H and O–H groups in total. The number of aromatic nitrogens is 4. The van der Waals surface area contributed by atoms with Crippen molar-refractivity contribution in [1.29, 1.82) is 0 Å². The molecule has 0 atom stereocenters. The Balaban J connectivity index is 1.14. The number of amides is 1. The van der Waals surface area contributed by atoms with E-state index in [1.54, 1.807) is 25.4 Å². The van der Waals surface area contributed by atoms with Gasteiger partial charge in [0.15, 0.2) is 17.3 Å². The Morgan fingerprint density at radius 1 is 1.24 bits per heavy atom. The molecule has 4 aromatic rings. The molecule has 13 heteroatoms. The predicted molar refractivity (Wildman–Crippen MR) is 132 cm³/mol. The summed E-state index contributed by atoms with van der Waals surface area (Å²) in [5.74, 6) is -0.0884. The van der Waals surface area contributed by atoms with Crippen LogP contribution < -0.4 is 4.74 Å². The molecular weight excluding hydrogens is 503 g/mol. The minimum absolute atomic E-state index is 0.0331. The first-order valence-electron chi connectivity index (χ1n) is 11.9. The van der Waals surface area contributed by atoms with Gasteiger partial charge >= 0.3 is 0 Å². The fraction of sp³-hybridized carbons (Fsp3) is 0.417. The lowest BCUT2D eigenvalue weighted by Gasteiger charge is -2.46. The first kappa shape index (κ1) is 24.0. The summed E-state index contributed by atoms with van der Waals surface area (Å²) in [6.45, 7) is 5.31. The Kier molecular flexibility index (Phi) is 6.59. The first-order valence-corrected chi connectivity index (χ1v) is 12.8. The highest BCUT2D eigenvalue weighted by Crippen LogP contribution is 2.34. The van der Waals surface area contributed by atoms with E-state index in [0.717, 1.165) is 26.3 Å². The number of nitrogens with one attached hydrogen (secondary N) is 1. The third-order valence-electron chi connectivity index (χ3n) is 6.55. The van der Waals surface area contributed by atoms with Gasteiger partial charge in [0, 0.05) is 56.8 Å². The number of ether oxygens (including phenoxy) is 3. The van der Waals surface area contributed by atoms with Crippen LogP contribution in [0.15, 0.2) is 28.9 Å². The number of carbonyl (C=O) groups excluding carboxylic acids is 1. The second kappa shape index (κ2) is 10.2. The molecule has 3 aromatic heterocycles. The molecule has 2 aliphatic heterocycles. The maximum atomic E-state index is 14.6. The Morgan fingerprint density at radius 2 is 2.08 bits per heavy atom. The molecule has 1 aromatic carbocycles. The molecule has 2 saturated heterocycles. The molecule has 5 heterocycles. The van der Waals surface area contributed by atoms with Gasteiger partial charge in [-0.3, -0.25) is 14.8 Å². The topological polar surface area (TPSA) is 119 Å². The van der Waals surface area contributed by atoms with Crippen molar-refractivity contribution in [2.75, 3.05) is 59.7 Å². The van der Waals surface area contributed by atoms with Crippen LogP contribution in [0.3, 0.4) is 0 Å². The number of thiazole rings is 1. The van der Waals surface area contributed by atoms with Gasteiger partial charge in [-0.2, -0.15) is 5.10 Å². The highest BCUT2D eigenvalue weighted by atomic mass is 32.1. The molecule has 0 saturated carbocycles. The second-order valence-electron chi connectivity index (χ2n) is 8.86. The van der Waals surface area contributed by atoms with E-state index in [0.29, 0.717) is 63.7 Å². The lowest BCUT2D eigenvalue weighted by atomic mass is 10.1. The van der Waals surface area contributed by atoms with Crippen molar-refractivity contribution >= 4 is 28.1 Å². The summed E-state index contributed by atoms with van der Waals surface area (Å²) in [6, 6.07) is 4.96. The van der Waals surface area contributed by atoms with E-state index in [4.69, 9.17) is 18.7 Å². The van der Waals surface area contributed by atoms with Crippen LogP contribution >= 0.6 is 11.3 Å². The van der Waals surface area contributed by atoms with Crippen molar-refractivity contribution in [2.45, 2.75) is 6.04 Å². The Hall–Kier alpha value is -3.39. The van der Waals surface area contributed by atoms with Crippen LogP contribution in [0.4, 0.5) is 4.39 Å². The zero-order chi connectivity index (χ0) is 25.4. The number of carbonyl (C=O) groups is 1. The van der Waals surface area contributed by atoms with Gasteiger partial charge in [-0.15, -0.1) is 11.3 Å². The predicted octanol–water partition coefficient (Wildman–Crippen LogP) is 2.66. The van der Waals surface area contributed by atoms with E-state index >= 15 is 0 Å². The number of hydrogen-bond acceptors (Lipinski definition) is 10. The summed E-state index contributed by atoms with van der Waals surface area (Å²) in [5, 5.41) is 12.3. The number of fused-ring (bicyclic) bond motifs is 1. The van der Waals surface area contributed by atoms with Crippen LogP contribution in [0.25, 0.3) is 33.1 Å². The lowest BCUT2D eigenvalue weighted by Crippen LogP contribution is -2.62. The van der Waals surface area contributed by atoms with E-state index in [9.17, 15) is 9.18 Å². The molecule has 6 rings (SSSR count). The number of halogens is 1. The van der Waals surface area contributed by atoms with Crippen LogP contribution in [0, 0.1) is 5.82 Å². The van der Waals surface area contributed by atoms with Gasteiger partial charge < -0.3 is 23.6 Å².